The second-order valence-electron chi connectivity index (χ2n) is 3.69. The average Bonchev–Trinajstić information content (AvgIpc) is 2.59. The van der Waals surface area contributed by atoms with Gasteiger partial charge in [0.15, 0.2) is 0 Å². The van der Waals surface area contributed by atoms with Crippen LogP contribution in [0.25, 0.3) is 0 Å². The highest BCUT2D eigenvalue weighted by molar-refractivity contribution is 7.11. The molecule has 0 fully saturated rings. The third-order valence-corrected chi connectivity index (χ3v) is 2.84. The minimum Gasteiger partial charge on any atom is -0.481 e. The van der Waals surface area contributed by atoms with Gasteiger partial charge in [-0.05, 0) is 13.8 Å². The number of nitrogens with one attached hydrogen (secondary N) is 2. The van der Waals surface area contributed by atoms with Gasteiger partial charge in [0.1, 0.15) is 5.01 Å². The van der Waals surface area contributed by atoms with E-state index in [0.29, 0.717) is 6.54 Å². The Hall–Kier alpha value is -1.63. The number of aliphatic carboxylic acids is 1. The van der Waals surface area contributed by atoms with Gasteiger partial charge in [-0.15, -0.1) is 11.3 Å². The number of hydrogen-bond donors (Lipinski definition) is 3. The molecule has 7 heteroatoms. The van der Waals surface area contributed by atoms with E-state index in [-0.39, 0.29) is 12.5 Å². The number of aryl methyl sites for hydroxylation is 1. The number of thiazole rings is 1. The number of amides is 2. The number of carboxylic acids is 1. The smallest absolute Gasteiger partial charge is 0.315 e. The Balaban J connectivity index is 2.28. The SMILES string of the molecule is Cc1cnc(CNC(=O)NC(C)CC(=O)O)s1. The largest absolute Gasteiger partial charge is 0.481 e. The number of carbonyl (C=O) groups excluding carboxylic acids is 1. The van der Waals surface area contributed by atoms with Gasteiger partial charge in [-0.1, -0.05) is 0 Å². The molecule has 0 aliphatic rings. The number of carbonyl (C=O) groups is 2. The van der Waals surface area contributed by atoms with Crippen molar-refractivity contribution in [3.05, 3.63) is 16.1 Å². The first-order valence-electron chi connectivity index (χ1n) is 5.15. The van der Waals surface area contributed by atoms with Gasteiger partial charge in [-0.3, -0.25) is 4.79 Å². The summed E-state index contributed by atoms with van der Waals surface area (Å²) in [5.41, 5.74) is 0. The van der Waals surface area contributed by atoms with Gasteiger partial charge in [0.25, 0.3) is 0 Å². The molecule has 17 heavy (non-hydrogen) atoms. The number of hydrogen-bond acceptors (Lipinski definition) is 4. The fraction of sp³-hybridized carbons (Fsp3) is 0.500. The molecular formula is C10H15N3O3S. The van der Waals surface area contributed by atoms with Crippen LogP contribution in [-0.4, -0.2) is 28.1 Å². The molecule has 0 spiro atoms. The van der Waals surface area contributed by atoms with Gasteiger partial charge in [-0.2, -0.15) is 0 Å². The number of nitrogens with zero attached hydrogens (tertiary/aromatic N) is 1. The molecule has 1 aromatic heterocycles. The van der Waals surface area contributed by atoms with Gasteiger partial charge < -0.3 is 15.7 Å². The van der Waals surface area contributed by atoms with Crippen molar-refractivity contribution in [2.24, 2.45) is 0 Å². The molecule has 1 aromatic rings. The first-order valence-corrected chi connectivity index (χ1v) is 5.96. The zero-order valence-corrected chi connectivity index (χ0v) is 10.5. The van der Waals surface area contributed by atoms with Crippen LogP contribution in [0, 0.1) is 6.92 Å². The molecule has 3 N–H and O–H groups in total. The van der Waals surface area contributed by atoms with Crippen LogP contribution in [0.4, 0.5) is 4.79 Å². The molecule has 0 aliphatic carbocycles. The van der Waals surface area contributed by atoms with Crippen LogP contribution in [0.15, 0.2) is 6.20 Å². The maximum Gasteiger partial charge on any atom is 0.315 e. The molecule has 0 bridgehead atoms. The summed E-state index contributed by atoms with van der Waals surface area (Å²) in [5, 5.41) is 14.5. The van der Waals surface area contributed by atoms with E-state index in [0.717, 1.165) is 9.88 Å². The molecule has 0 aromatic carbocycles. The molecular weight excluding hydrogens is 242 g/mol. The second-order valence-corrected chi connectivity index (χ2v) is 5.01. The molecule has 2 amide bonds. The summed E-state index contributed by atoms with van der Waals surface area (Å²) < 4.78 is 0. The molecule has 1 atom stereocenters. The minimum absolute atomic E-state index is 0.0935. The lowest BCUT2D eigenvalue weighted by Crippen LogP contribution is -2.41. The maximum atomic E-state index is 11.4. The topological polar surface area (TPSA) is 91.3 Å². The van der Waals surface area contributed by atoms with Crippen molar-refractivity contribution >= 4 is 23.3 Å². The highest BCUT2D eigenvalue weighted by Gasteiger charge is 2.10. The van der Waals surface area contributed by atoms with Crippen molar-refractivity contribution in [1.82, 2.24) is 15.6 Å². The Morgan fingerprint density at radius 2 is 2.29 bits per heavy atom. The monoisotopic (exact) mass is 257 g/mol. The first kappa shape index (κ1) is 13.4. The zero-order chi connectivity index (χ0) is 12.8. The van der Waals surface area contributed by atoms with Crippen LogP contribution < -0.4 is 10.6 Å². The third-order valence-electron chi connectivity index (χ3n) is 1.93. The summed E-state index contributed by atoms with van der Waals surface area (Å²) in [4.78, 5) is 27.0. The molecule has 94 valence electrons. The molecule has 0 radical (unpaired) electrons. The number of urea groups is 1. The van der Waals surface area contributed by atoms with E-state index >= 15 is 0 Å². The lowest BCUT2D eigenvalue weighted by atomic mass is 10.2. The van der Waals surface area contributed by atoms with Gasteiger partial charge in [0, 0.05) is 17.1 Å². The Morgan fingerprint density at radius 1 is 1.59 bits per heavy atom. The van der Waals surface area contributed by atoms with Gasteiger partial charge >= 0.3 is 12.0 Å². The van der Waals surface area contributed by atoms with E-state index in [1.54, 1.807) is 13.1 Å². The lowest BCUT2D eigenvalue weighted by molar-refractivity contribution is -0.137. The Kier molecular flexibility index (Phi) is 4.89. The maximum absolute atomic E-state index is 11.4. The van der Waals surface area contributed by atoms with E-state index in [4.69, 9.17) is 5.11 Å². The summed E-state index contributed by atoms with van der Waals surface area (Å²) in [7, 11) is 0. The Bertz CT molecular complexity index is 405. The second kappa shape index (κ2) is 6.19. The van der Waals surface area contributed by atoms with E-state index < -0.39 is 12.0 Å². The summed E-state index contributed by atoms with van der Waals surface area (Å²) in [6, 6.07) is -0.780. The zero-order valence-electron chi connectivity index (χ0n) is 9.69. The van der Waals surface area contributed by atoms with E-state index in [9.17, 15) is 9.59 Å². The van der Waals surface area contributed by atoms with Crippen molar-refractivity contribution < 1.29 is 14.7 Å². The summed E-state index contributed by atoms with van der Waals surface area (Å²) in [6.07, 6.45) is 1.65. The molecule has 1 heterocycles. The van der Waals surface area contributed by atoms with Crippen molar-refractivity contribution in [3.8, 4) is 0 Å². The van der Waals surface area contributed by atoms with E-state index in [1.807, 2.05) is 6.92 Å². The molecule has 0 saturated carbocycles. The van der Waals surface area contributed by atoms with E-state index in [1.165, 1.54) is 11.3 Å². The van der Waals surface area contributed by atoms with Crippen molar-refractivity contribution in [2.75, 3.05) is 0 Å². The van der Waals surface area contributed by atoms with Crippen molar-refractivity contribution in [2.45, 2.75) is 32.9 Å². The normalized spacial score (nSPS) is 11.9. The van der Waals surface area contributed by atoms with Gasteiger partial charge in [-0.25, -0.2) is 9.78 Å². The molecule has 6 nitrogen and oxygen atoms in total. The quantitative estimate of drug-likeness (QED) is 0.737. The Labute approximate surface area is 103 Å². The number of rotatable bonds is 5. The number of aromatic nitrogens is 1. The predicted molar refractivity (Wildman–Crippen MR) is 63.9 cm³/mol. The van der Waals surface area contributed by atoms with Crippen LogP contribution in [0.3, 0.4) is 0 Å². The fourth-order valence-corrected chi connectivity index (χ4v) is 1.95. The van der Waals surface area contributed by atoms with Crippen LogP contribution in [0.2, 0.25) is 0 Å². The molecule has 0 saturated heterocycles. The summed E-state index contributed by atoms with van der Waals surface area (Å²) >= 11 is 1.51. The highest BCUT2D eigenvalue weighted by Crippen LogP contribution is 2.10. The average molecular weight is 257 g/mol. The minimum atomic E-state index is -0.937. The van der Waals surface area contributed by atoms with E-state index in [2.05, 4.69) is 15.6 Å². The molecule has 1 unspecified atom stereocenters. The van der Waals surface area contributed by atoms with Crippen molar-refractivity contribution in [3.63, 3.8) is 0 Å². The fourth-order valence-electron chi connectivity index (χ4n) is 1.23. The molecule has 0 aliphatic heterocycles. The first-order chi connectivity index (χ1) is 7.97. The third kappa shape index (κ3) is 5.30. The lowest BCUT2D eigenvalue weighted by Gasteiger charge is -2.11. The van der Waals surface area contributed by atoms with Gasteiger partial charge in [0.05, 0.1) is 13.0 Å². The summed E-state index contributed by atoms with van der Waals surface area (Å²) in [6.45, 7) is 3.93. The van der Waals surface area contributed by atoms with Crippen molar-refractivity contribution in [1.29, 1.82) is 0 Å². The standard InChI is InChI=1S/C10H15N3O3S/c1-6(3-9(14)15)13-10(16)12-5-8-11-4-7(2)17-8/h4,6H,3,5H2,1-2H3,(H,14,15)(H2,12,13,16). The van der Waals surface area contributed by atoms with Crippen LogP contribution in [0.1, 0.15) is 23.2 Å². The van der Waals surface area contributed by atoms with Gasteiger partial charge in [0.2, 0.25) is 0 Å². The molecule has 1 rings (SSSR count). The number of carboxylic acid groups (broad SMARTS) is 1. The van der Waals surface area contributed by atoms with Crippen LogP contribution in [-0.2, 0) is 11.3 Å². The van der Waals surface area contributed by atoms with Crippen LogP contribution >= 0.6 is 11.3 Å². The summed E-state index contributed by atoms with van der Waals surface area (Å²) in [5.74, 6) is -0.937. The highest BCUT2D eigenvalue weighted by atomic mass is 32.1. The predicted octanol–water partition coefficient (Wildman–Crippen LogP) is 1.11. The van der Waals surface area contributed by atoms with Crippen LogP contribution in [0.5, 0.6) is 0 Å². The Morgan fingerprint density at radius 3 is 2.82 bits per heavy atom.